The molecule has 5 heteroatoms. The SMILES string of the molecule is CC[C@@H](Oc1cccc(C)c1C)C(=O)Nc1cc(Cl)cc(Cl)c1. The number of nitrogens with one attached hydrogen (secondary N) is 1. The van der Waals surface area contributed by atoms with Crippen molar-refractivity contribution in [2.75, 3.05) is 5.32 Å². The number of hydrogen-bond donors (Lipinski definition) is 1. The fourth-order valence-corrected chi connectivity index (χ4v) is 2.70. The standard InChI is InChI=1S/C18H19Cl2NO2/c1-4-16(23-17-7-5-6-11(2)12(17)3)18(22)21-15-9-13(19)8-14(20)10-15/h5-10,16H,4H2,1-3H3,(H,21,22)/t16-/m1/s1. The normalized spacial score (nSPS) is 11.9. The third kappa shape index (κ3) is 4.63. The molecule has 0 aliphatic heterocycles. The van der Waals surface area contributed by atoms with Gasteiger partial charge in [-0.1, -0.05) is 42.3 Å². The minimum atomic E-state index is -0.590. The van der Waals surface area contributed by atoms with Gasteiger partial charge in [0, 0.05) is 15.7 Å². The van der Waals surface area contributed by atoms with Crippen LogP contribution in [0.5, 0.6) is 5.75 Å². The lowest BCUT2D eigenvalue weighted by Crippen LogP contribution is -2.32. The number of aryl methyl sites for hydroxylation is 1. The predicted molar refractivity (Wildman–Crippen MR) is 95.7 cm³/mol. The van der Waals surface area contributed by atoms with Gasteiger partial charge in [-0.2, -0.15) is 0 Å². The highest BCUT2D eigenvalue weighted by Gasteiger charge is 2.20. The molecule has 3 nitrogen and oxygen atoms in total. The first-order chi connectivity index (χ1) is 10.9. The number of rotatable bonds is 5. The van der Waals surface area contributed by atoms with Crippen molar-refractivity contribution in [3.05, 3.63) is 57.6 Å². The molecular weight excluding hydrogens is 333 g/mol. The summed E-state index contributed by atoms with van der Waals surface area (Å²) < 4.78 is 5.89. The smallest absolute Gasteiger partial charge is 0.265 e. The zero-order chi connectivity index (χ0) is 17.0. The van der Waals surface area contributed by atoms with Crippen molar-refractivity contribution in [2.24, 2.45) is 0 Å². The first kappa shape index (κ1) is 17.6. The fraction of sp³-hybridized carbons (Fsp3) is 0.278. The number of hydrogen-bond acceptors (Lipinski definition) is 2. The minimum Gasteiger partial charge on any atom is -0.480 e. The predicted octanol–water partition coefficient (Wildman–Crippen LogP) is 5.41. The molecule has 0 aromatic heterocycles. The monoisotopic (exact) mass is 351 g/mol. The fourth-order valence-electron chi connectivity index (χ4n) is 2.18. The van der Waals surface area contributed by atoms with Gasteiger partial charge >= 0.3 is 0 Å². The second-order valence-corrected chi connectivity index (χ2v) is 6.23. The summed E-state index contributed by atoms with van der Waals surface area (Å²) >= 11 is 11.9. The molecule has 2 rings (SSSR count). The van der Waals surface area contributed by atoms with Crippen molar-refractivity contribution in [3.63, 3.8) is 0 Å². The van der Waals surface area contributed by atoms with Gasteiger partial charge in [0.25, 0.3) is 5.91 Å². The van der Waals surface area contributed by atoms with E-state index in [1.54, 1.807) is 18.2 Å². The molecular formula is C18H19Cl2NO2. The van der Waals surface area contributed by atoms with E-state index >= 15 is 0 Å². The van der Waals surface area contributed by atoms with E-state index in [2.05, 4.69) is 5.32 Å². The second-order valence-electron chi connectivity index (χ2n) is 5.36. The van der Waals surface area contributed by atoms with Crippen LogP contribution < -0.4 is 10.1 Å². The van der Waals surface area contributed by atoms with Gasteiger partial charge in [0.05, 0.1) is 0 Å². The second kappa shape index (κ2) is 7.71. The lowest BCUT2D eigenvalue weighted by Gasteiger charge is -2.19. The number of benzene rings is 2. The Kier molecular flexibility index (Phi) is 5.91. The van der Waals surface area contributed by atoms with Crippen LogP contribution >= 0.6 is 23.2 Å². The number of carbonyl (C=O) groups is 1. The largest absolute Gasteiger partial charge is 0.480 e. The van der Waals surface area contributed by atoms with Gasteiger partial charge in [-0.25, -0.2) is 0 Å². The van der Waals surface area contributed by atoms with Crippen LogP contribution in [0.25, 0.3) is 0 Å². The van der Waals surface area contributed by atoms with Crippen molar-refractivity contribution in [2.45, 2.75) is 33.3 Å². The molecule has 122 valence electrons. The molecule has 2 aromatic carbocycles. The van der Waals surface area contributed by atoms with Gasteiger partial charge in [-0.15, -0.1) is 0 Å². The maximum atomic E-state index is 12.4. The highest BCUT2D eigenvalue weighted by Crippen LogP contribution is 2.25. The third-order valence-electron chi connectivity index (χ3n) is 3.62. The van der Waals surface area contributed by atoms with Crippen molar-refractivity contribution >= 4 is 34.8 Å². The summed E-state index contributed by atoms with van der Waals surface area (Å²) in [6.07, 6.45) is -0.0405. The van der Waals surface area contributed by atoms with Crippen LogP contribution in [-0.4, -0.2) is 12.0 Å². The molecule has 0 saturated carbocycles. The quantitative estimate of drug-likeness (QED) is 0.782. The van der Waals surface area contributed by atoms with E-state index < -0.39 is 6.10 Å². The van der Waals surface area contributed by atoms with Crippen LogP contribution in [-0.2, 0) is 4.79 Å². The zero-order valence-corrected chi connectivity index (χ0v) is 14.8. The van der Waals surface area contributed by atoms with Gasteiger partial charge in [-0.3, -0.25) is 4.79 Å². The van der Waals surface area contributed by atoms with E-state index in [4.69, 9.17) is 27.9 Å². The number of anilines is 1. The number of ether oxygens (including phenoxy) is 1. The summed E-state index contributed by atoms with van der Waals surface area (Å²) in [6, 6.07) is 10.7. The van der Waals surface area contributed by atoms with Gasteiger partial charge in [-0.05, 0) is 55.7 Å². The van der Waals surface area contributed by atoms with Crippen LogP contribution in [0.2, 0.25) is 10.0 Å². The summed E-state index contributed by atoms with van der Waals surface area (Å²) in [7, 11) is 0. The molecule has 0 saturated heterocycles. The summed E-state index contributed by atoms with van der Waals surface area (Å²) in [6.45, 7) is 5.89. The number of carbonyl (C=O) groups excluding carboxylic acids is 1. The molecule has 0 bridgehead atoms. The molecule has 0 aliphatic carbocycles. The van der Waals surface area contributed by atoms with E-state index in [0.717, 1.165) is 16.9 Å². The zero-order valence-electron chi connectivity index (χ0n) is 13.3. The van der Waals surface area contributed by atoms with Crippen LogP contribution in [0.3, 0.4) is 0 Å². The average molecular weight is 352 g/mol. The van der Waals surface area contributed by atoms with Gasteiger partial charge in [0.1, 0.15) is 5.75 Å². The highest BCUT2D eigenvalue weighted by molar-refractivity contribution is 6.35. The Morgan fingerprint density at radius 2 is 1.83 bits per heavy atom. The van der Waals surface area contributed by atoms with E-state index in [9.17, 15) is 4.79 Å². The molecule has 0 spiro atoms. The maximum absolute atomic E-state index is 12.4. The molecule has 0 unspecified atom stereocenters. The van der Waals surface area contributed by atoms with Crippen molar-refractivity contribution in [1.29, 1.82) is 0 Å². The Morgan fingerprint density at radius 3 is 2.43 bits per heavy atom. The topological polar surface area (TPSA) is 38.3 Å². The molecule has 0 radical (unpaired) electrons. The lowest BCUT2D eigenvalue weighted by atomic mass is 10.1. The maximum Gasteiger partial charge on any atom is 0.265 e. The van der Waals surface area contributed by atoms with Crippen LogP contribution in [0, 0.1) is 13.8 Å². The van der Waals surface area contributed by atoms with Gasteiger partial charge in [0.15, 0.2) is 6.10 Å². The van der Waals surface area contributed by atoms with Crippen molar-refractivity contribution in [3.8, 4) is 5.75 Å². The molecule has 1 amide bonds. The molecule has 1 atom stereocenters. The van der Waals surface area contributed by atoms with E-state index in [1.165, 1.54) is 0 Å². The average Bonchev–Trinajstić information content (AvgIpc) is 2.47. The molecule has 23 heavy (non-hydrogen) atoms. The molecule has 0 fully saturated rings. The summed E-state index contributed by atoms with van der Waals surface area (Å²) in [4.78, 5) is 12.4. The van der Waals surface area contributed by atoms with Crippen LogP contribution in [0.1, 0.15) is 24.5 Å². The Balaban J connectivity index is 2.13. The Bertz CT molecular complexity index is 696. The highest BCUT2D eigenvalue weighted by atomic mass is 35.5. The molecule has 0 heterocycles. The molecule has 0 aliphatic rings. The van der Waals surface area contributed by atoms with Crippen LogP contribution in [0.4, 0.5) is 5.69 Å². The Morgan fingerprint density at radius 1 is 1.17 bits per heavy atom. The summed E-state index contributed by atoms with van der Waals surface area (Å²) in [5.74, 6) is 0.489. The van der Waals surface area contributed by atoms with E-state index in [0.29, 0.717) is 22.2 Å². The third-order valence-corrected chi connectivity index (χ3v) is 4.05. The van der Waals surface area contributed by atoms with E-state index in [1.807, 2.05) is 39.0 Å². The van der Waals surface area contributed by atoms with Crippen molar-refractivity contribution in [1.82, 2.24) is 0 Å². The van der Waals surface area contributed by atoms with Gasteiger partial charge in [0.2, 0.25) is 0 Å². The van der Waals surface area contributed by atoms with E-state index in [-0.39, 0.29) is 5.91 Å². The summed E-state index contributed by atoms with van der Waals surface area (Å²) in [5.41, 5.74) is 2.71. The van der Waals surface area contributed by atoms with Crippen LogP contribution in [0.15, 0.2) is 36.4 Å². The first-order valence-corrected chi connectivity index (χ1v) is 8.16. The molecule has 1 N–H and O–H groups in total. The van der Waals surface area contributed by atoms with Gasteiger partial charge < -0.3 is 10.1 Å². The first-order valence-electron chi connectivity index (χ1n) is 7.40. The Hall–Kier alpha value is -1.71. The van der Waals surface area contributed by atoms with Crippen molar-refractivity contribution < 1.29 is 9.53 Å². The lowest BCUT2D eigenvalue weighted by molar-refractivity contribution is -0.122. The number of halogens is 2. The number of amides is 1. The Labute approximate surface area is 146 Å². The minimum absolute atomic E-state index is 0.230. The summed E-state index contributed by atoms with van der Waals surface area (Å²) in [5, 5.41) is 3.73. The molecule has 2 aromatic rings.